The highest BCUT2D eigenvalue weighted by molar-refractivity contribution is 8.00. The summed E-state index contributed by atoms with van der Waals surface area (Å²) >= 11 is 1.77. The smallest absolute Gasteiger partial charge is 0.330 e. The molecular weight excluding hydrogens is 232 g/mol. The summed E-state index contributed by atoms with van der Waals surface area (Å²) in [6, 6.07) is 10.3. The minimum atomic E-state index is -0.358. The fourth-order valence-electron chi connectivity index (χ4n) is 1.42. The van der Waals surface area contributed by atoms with Crippen LogP contribution in [0.3, 0.4) is 0 Å². The lowest BCUT2D eigenvalue weighted by Gasteiger charge is -2.24. The molecular formula is C14H18O2S. The van der Waals surface area contributed by atoms with Crippen molar-refractivity contribution < 1.29 is 9.53 Å². The number of esters is 1. The van der Waals surface area contributed by atoms with E-state index in [0.717, 1.165) is 5.75 Å². The maximum Gasteiger partial charge on any atom is 0.330 e. The van der Waals surface area contributed by atoms with Crippen LogP contribution in [0.15, 0.2) is 43.0 Å². The van der Waals surface area contributed by atoms with Crippen LogP contribution in [0, 0.1) is 0 Å². The molecule has 0 unspecified atom stereocenters. The van der Waals surface area contributed by atoms with Crippen LogP contribution in [0.5, 0.6) is 0 Å². The van der Waals surface area contributed by atoms with Crippen LogP contribution in [0.2, 0.25) is 0 Å². The number of thioether (sulfide) groups is 1. The summed E-state index contributed by atoms with van der Waals surface area (Å²) < 4.78 is 4.97. The number of benzene rings is 1. The Kier molecular flexibility index (Phi) is 5.29. The van der Waals surface area contributed by atoms with E-state index >= 15 is 0 Å². The van der Waals surface area contributed by atoms with Crippen molar-refractivity contribution in [3.8, 4) is 0 Å². The van der Waals surface area contributed by atoms with Gasteiger partial charge in [0.15, 0.2) is 0 Å². The Morgan fingerprint density at radius 1 is 1.41 bits per heavy atom. The quantitative estimate of drug-likeness (QED) is 0.440. The van der Waals surface area contributed by atoms with Crippen molar-refractivity contribution in [3.63, 3.8) is 0 Å². The molecule has 0 aliphatic heterocycles. The van der Waals surface area contributed by atoms with Crippen LogP contribution in [0.1, 0.15) is 19.4 Å². The van der Waals surface area contributed by atoms with E-state index in [2.05, 4.69) is 32.6 Å². The average Bonchev–Trinajstić information content (AvgIpc) is 2.35. The molecule has 17 heavy (non-hydrogen) atoms. The zero-order chi connectivity index (χ0) is 12.7. The molecule has 0 aliphatic rings. The molecule has 0 aromatic heterocycles. The van der Waals surface area contributed by atoms with Gasteiger partial charge in [-0.25, -0.2) is 4.79 Å². The lowest BCUT2D eigenvalue weighted by Crippen LogP contribution is -2.14. The molecule has 0 amide bonds. The molecule has 0 saturated carbocycles. The van der Waals surface area contributed by atoms with E-state index in [-0.39, 0.29) is 10.7 Å². The van der Waals surface area contributed by atoms with Gasteiger partial charge in [-0.2, -0.15) is 0 Å². The molecule has 3 heteroatoms. The summed E-state index contributed by atoms with van der Waals surface area (Å²) in [7, 11) is 0. The number of hydrogen-bond acceptors (Lipinski definition) is 3. The lowest BCUT2D eigenvalue weighted by atomic mass is 10.0. The molecule has 0 atom stereocenters. The maximum absolute atomic E-state index is 10.9. The van der Waals surface area contributed by atoms with Crippen LogP contribution < -0.4 is 0 Å². The third kappa shape index (κ3) is 4.65. The van der Waals surface area contributed by atoms with Crippen molar-refractivity contribution in [1.82, 2.24) is 0 Å². The fraction of sp³-hybridized carbons (Fsp3) is 0.357. The predicted octanol–water partition coefficient (Wildman–Crippen LogP) is 3.38. The zero-order valence-electron chi connectivity index (χ0n) is 10.3. The second kappa shape index (κ2) is 6.50. The largest absolute Gasteiger partial charge is 0.462 e. The van der Waals surface area contributed by atoms with Gasteiger partial charge in [0.1, 0.15) is 6.61 Å². The highest BCUT2D eigenvalue weighted by Crippen LogP contribution is 2.35. The molecule has 0 fully saturated rings. The van der Waals surface area contributed by atoms with Gasteiger partial charge < -0.3 is 4.74 Å². The van der Waals surface area contributed by atoms with Crippen LogP contribution in [0.4, 0.5) is 0 Å². The van der Waals surface area contributed by atoms with Crippen molar-refractivity contribution in [2.45, 2.75) is 18.6 Å². The first-order chi connectivity index (χ1) is 8.06. The second-order valence-electron chi connectivity index (χ2n) is 4.10. The Labute approximate surface area is 107 Å². The highest BCUT2D eigenvalue weighted by Gasteiger charge is 2.20. The lowest BCUT2D eigenvalue weighted by molar-refractivity contribution is -0.137. The summed E-state index contributed by atoms with van der Waals surface area (Å²) in [6.45, 7) is 8.11. The first-order valence-corrected chi connectivity index (χ1v) is 6.53. The third-order valence-electron chi connectivity index (χ3n) is 2.43. The second-order valence-corrected chi connectivity index (χ2v) is 5.81. The number of rotatable bonds is 6. The number of hydrogen-bond donors (Lipinski definition) is 0. The summed E-state index contributed by atoms with van der Waals surface area (Å²) in [6.07, 6.45) is 1.19. The van der Waals surface area contributed by atoms with E-state index < -0.39 is 0 Å². The van der Waals surface area contributed by atoms with Crippen molar-refractivity contribution in [3.05, 3.63) is 48.6 Å². The van der Waals surface area contributed by atoms with Crippen LogP contribution in [-0.4, -0.2) is 18.3 Å². The summed E-state index contributed by atoms with van der Waals surface area (Å²) in [5.74, 6) is 0.421. The Hall–Kier alpha value is -1.22. The van der Waals surface area contributed by atoms with Crippen molar-refractivity contribution in [2.75, 3.05) is 12.4 Å². The van der Waals surface area contributed by atoms with Gasteiger partial charge in [-0.3, -0.25) is 0 Å². The van der Waals surface area contributed by atoms with E-state index in [0.29, 0.717) is 6.61 Å². The molecule has 1 aromatic carbocycles. The van der Waals surface area contributed by atoms with Gasteiger partial charge in [0, 0.05) is 16.6 Å². The first kappa shape index (κ1) is 13.8. The molecule has 0 spiro atoms. The maximum atomic E-state index is 10.9. The molecule has 0 heterocycles. The van der Waals surface area contributed by atoms with Gasteiger partial charge in [-0.15, -0.1) is 11.8 Å². The highest BCUT2D eigenvalue weighted by atomic mass is 32.2. The van der Waals surface area contributed by atoms with Crippen molar-refractivity contribution in [1.29, 1.82) is 0 Å². The molecule has 1 rings (SSSR count). The number of carbonyl (C=O) groups excluding carboxylic acids is 1. The van der Waals surface area contributed by atoms with Gasteiger partial charge in [0.2, 0.25) is 0 Å². The van der Waals surface area contributed by atoms with E-state index in [9.17, 15) is 4.79 Å². The average molecular weight is 250 g/mol. The Morgan fingerprint density at radius 2 is 2.06 bits per heavy atom. The Balaban J connectivity index is 2.40. The fourth-order valence-corrected chi connectivity index (χ4v) is 2.40. The first-order valence-electron chi connectivity index (χ1n) is 5.55. The van der Waals surface area contributed by atoms with Crippen molar-refractivity contribution in [2.24, 2.45) is 0 Å². The van der Waals surface area contributed by atoms with Crippen molar-refractivity contribution >= 4 is 17.7 Å². The van der Waals surface area contributed by atoms with Gasteiger partial charge in [-0.05, 0) is 19.4 Å². The number of ether oxygens (including phenoxy) is 1. The molecule has 0 bridgehead atoms. The van der Waals surface area contributed by atoms with Crippen LogP contribution in [0.25, 0.3) is 0 Å². The van der Waals surface area contributed by atoms with Gasteiger partial charge in [0.25, 0.3) is 0 Å². The molecule has 0 radical (unpaired) electrons. The minimum Gasteiger partial charge on any atom is -0.462 e. The SMILES string of the molecule is C=CC(=O)OCCSC(C)(C)c1ccccc1. The monoisotopic (exact) mass is 250 g/mol. The van der Waals surface area contributed by atoms with Gasteiger partial charge >= 0.3 is 5.97 Å². The van der Waals surface area contributed by atoms with E-state index in [1.54, 1.807) is 11.8 Å². The van der Waals surface area contributed by atoms with E-state index in [1.165, 1.54) is 11.6 Å². The Bertz CT molecular complexity index is 371. The topological polar surface area (TPSA) is 26.3 Å². The molecule has 0 N–H and O–H groups in total. The van der Waals surface area contributed by atoms with Gasteiger partial charge in [0.05, 0.1) is 0 Å². The molecule has 0 aliphatic carbocycles. The third-order valence-corrected chi connectivity index (χ3v) is 3.75. The summed E-state index contributed by atoms with van der Waals surface area (Å²) in [4.78, 5) is 10.9. The molecule has 1 aromatic rings. The summed E-state index contributed by atoms with van der Waals surface area (Å²) in [5, 5.41) is 0. The summed E-state index contributed by atoms with van der Waals surface area (Å²) in [5.41, 5.74) is 1.28. The zero-order valence-corrected chi connectivity index (χ0v) is 11.1. The molecule has 2 nitrogen and oxygen atoms in total. The normalized spacial score (nSPS) is 10.9. The standard InChI is InChI=1S/C14H18O2S/c1-4-13(15)16-10-11-17-14(2,3)12-8-6-5-7-9-12/h4-9H,1,10-11H2,2-3H3. The van der Waals surface area contributed by atoms with E-state index in [4.69, 9.17) is 4.74 Å². The van der Waals surface area contributed by atoms with Gasteiger partial charge in [-0.1, -0.05) is 36.9 Å². The molecule has 92 valence electrons. The molecule has 0 saturated heterocycles. The number of carbonyl (C=O) groups is 1. The van der Waals surface area contributed by atoms with E-state index in [1.807, 2.05) is 18.2 Å². The minimum absolute atomic E-state index is 0.0296. The Morgan fingerprint density at radius 3 is 2.65 bits per heavy atom. The van der Waals surface area contributed by atoms with Crippen LogP contribution in [-0.2, 0) is 14.3 Å². The van der Waals surface area contributed by atoms with Crippen LogP contribution >= 0.6 is 11.8 Å². The predicted molar refractivity (Wildman–Crippen MR) is 73.1 cm³/mol.